The molecule has 2 nitrogen and oxygen atoms in total. The first-order valence-electron chi connectivity index (χ1n) is 5.75. The second-order valence-corrected chi connectivity index (χ2v) is 4.60. The van der Waals surface area contributed by atoms with Crippen LogP contribution in [0.4, 0.5) is 17.6 Å². The van der Waals surface area contributed by atoms with Crippen molar-refractivity contribution in [2.24, 2.45) is 0 Å². The van der Waals surface area contributed by atoms with Gasteiger partial charge in [0.15, 0.2) is 0 Å². The van der Waals surface area contributed by atoms with E-state index in [0.717, 1.165) is 17.0 Å². The molecule has 0 bridgehead atoms. The Morgan fingerprint density at radius 3 is 2.32 bits per heavy atom. The molecule has 106 valence electrons. The maximum atomic E-state index is 12.9. The summed E-state index contributed by atoms with van der Waals surface area (Å²) in [7, 11) is 0. The summed E-state index contributed by atoms with van der Waals surface area (Å²) in [6.07, 6.45) is -4.46. The van der Waals surface area contributed by atoms with Crippen LogP contribution in [-0.4, -0.2) is 29.6 Å². The van der Waals surface area contributed by atoms with Crippen LogP contribution in [0.2, 0.25) is 0 Å². The number of carbonyl (C=O) groups excluding carboxylic acids is 1. The summed E-state index contributed by atoms with van der Waals surface area (Å²) in [4.78, 5) is 12.8. The van der Waals surface area contributed by atoms with Crippen LogP contribution in [0.3, 0.4) is 0 Å². The molecule has 1 amide bonds. The zero-order valence-electron chi connectivity index (χ0n) is 10.9. The Bertz CT molecular complexity index is 468. The Morgan fingerprint density at radius 1 is 1.32 bits per heavy atom. The lowest BCUT2D eigenvalue weighted by atomic mass is 10.1. The number of nitrogens with zero attached hydrogens (tertiary/aromatic N) is 1. The fourth-order valence-electron chi connectivity index (χ4n) is 1.70. The van der Waals surface area contributed by atoms with Gasteiger partial charge in [-0.3, -0.25) is 4.79 Å². The molecular weight excluding hydrogens is 262 g/mol. The van der Waals surface area contributed by atoms with Gasteiger partial charge >= 0.3 is 6.18 Å². The number of benzene rings is 1. The molecule has 1 aromatic carbocycles. The van der Waals surface area contributed by atoms with E-state index in [9.17, 15) is 22.4 Å². The fraction of sp³-hybridized carbons (Fsp3) is 0.462. The highest BCUT2D eigenvalue weighted by molar-refractivity contribution is 5.95. The highest BCUT2D eigenvalue weighted by Crippen LogP contribution is 2.21. The van der Waals surface area contributed by atoms with Crippen molar-refractivity contribution in [1.29, 1.82) is 0 Å². The monoisotopic (exact) mass is 277 g/mol. The fourth-order valence-corrected chi connectivity index (χ4v) is 1.70. The summed E-state index contributed by atoms with van der Waals surface area (Å²) in [5, 5.41) is 0. The van der Waals surface area contributed by atoms with Gasteiger partial charge in [-0.1, -0.05) is 0 Å². The van der Waals surface area contributed by atoms with Crippen molar-refractivity contribution in [3.63, 3.8) is 0 Å². The lowest BCUT2D eigenvalue weighted by Crippen LogP contribution is -2.43. The third-order valence-electron chi connectivity index (χ3n) is 2.65. The smallest absolute Gasteiger partial charge is 0.327 e. The van der Waals surface area contributed by atoms with Gasteiger partial charge in [-0.2, -0.15) is 13.2 Å². The standard InChI is InChI=1S/C13H15F4NO/c1-8(2)18(7-13(15,16)17)12(19)11-5-4-10(14)6-9(11)3/h4-6,8H,7H2,1-3H3. The summed E-state index contributed by atoms with van der Waals surface area (Å²) in [6.45, 7) is 3.17. The van der Waals surface area contributed by atoms with Crippen LogP contribution >= 0.6 is 0 Å². The molecular formula is C13H15F4NO. The summed E-state index contributed by atoms with van der Waals surface area (Å²) in [5.41, 5.74) is 0.400. The quantitative estimate of drug-likeness (QED) is 0.774. The van der Waals surface area contributed by atoms with Crippen LogP contribution in [0.25, 0.3) is 0 Å². The summed E-state index contributed by atoms with van der Waals surface area (Å²) < 4.78 is 50.3. The van der Waals surface area contributed by atoms with Gasteiger partial charge in [0, 0.05) is 11.6 Å². The lowest BCUT2D eigenvalue weighted by molar-refractivity contribution is -0.143. The van der Waals surface area contributed by atoms with Crippen molar-refractivity contribution in [2.75, 3.05) is 6.54 Å². The van der Waals surface area contributed by atoms with E-state index in [4.69, 9.17) is 0 Å². The second-order valence-electron chi connectivity index (χ2n) is 4.60. The van der Waals surface area contributed by atoms with E-state index in [0.29, 0.717) is 5.56 Å². The van der Waals surface area contributed by atoms with Gasteiger partial charge in [-0.15, -0.1) is 0 Å². The van der Waals surface area contributed by atoms with Gasteiger partial charge in [-0.25, -0.2) is 4.39 Å². The number of alkyl halides is 3. The molecule has 0 aliphatic carbocycles. The van der Waals surface area contributed by atoms with Gasteiger partial charge in [0.2, 0.25) is 0 Å². The molecule has 0 fully saturated rings. The predicted molar refractivity (Wildman–Crippen MR) is 63.4 cm³/mol. The van der Waals surface area contributed by atoms with Crippen LogP contribution in [0, 0.1) is 12.7 Å². The first-order valence-corrected chi connectivity index (χ1v) is 5.75. The first-order chi connectivity index (χ1) is 8.61. The maximum absolute atomic E-state index is 12.9. The molecule has 0 saturated carbocycles. The molecule has 0 heterocycles. The minimum absolute atomic E-state index is 0.0827. The third-order valence-corrected chi connectivity index (χ3v) is 2.65. The minimum atomic E-state index is -4.46. The number of hydrogen-bond acceptors (Lipinski definition) is 1. The van der Waals surface area contributed by atoms with Gasteiger partial charge < -0.3 is 4.90 Å². The van der Waals surface area contributed by atoms with Crippen LogP contribution < -0.4 is 0 Å². The van der Waals surface area contributed by atoms with E-state index in [1.165, 1.54) is 26.8 Å². The van der Waals surface area contributed by atoms with E-state index in [1.807, 2.05) is 0 Å². The molecule has 1 aromatic rings. The number of hydrogen-bond donors (Lipinski definition) is 0. The summed E-state index contributed by atoms with van der Waals surface area (Å²) in [6, 6.07) is 2.79. The molecule has 0 radical (unpaired) electrons. The zero-order chi connectivity index (χ0) is 14.8. The van der Waals surface area contributed by atoms with E-state index < -0.39 is 30.5 Å². The predicted octanol–water partition coefficient (Wildman–Crippen LogP) is 3.55. The van der Waals surface area contributed by atoms with Gasteiger partial charge in [0.05, 0.1) is 0 Å². The molecule has 0 unspecified atom stereocenters. The van der Waals surface area contributed by atoms with Crippen LogP contribution in [0.5, 0.6) is 0 Å². The molecule has 0 atom stereocenters. The SMILES string of the molecule is Cc1cc(F)ccc1C(=O)N(CC(F)(F)F)C(C)C. The van der Waals surface area contributed by atoms with E-state index in [1.54, 1.807) is 0 Å². The normalized spacial score (nSPS) is 11.8. The van der Waals surface area contributed by atoms with Crippen LogP contribution in [0.1, 0.15) is 29.8 Å². The maximum Gasteiger partial charge on any atom is 0.406 e. The molecule has 0 aliphatic heterocycles. The van der Waals surface area contributed by atoms with Crippen molar-refractivity contribution in [2.45, 2.75) is 33.0 Å². The summed E-state index contributed by atoms with van der Waals surface area (Å²) >= 11 is 0. The van der Waals surface area contributed by atoms with Crippen LogP contribution in [0.15, 0.2) is 18.2 Å². The second kappa shape index (κ2) is 5.59. The van der Waals surface area contributed by atoms with Gasteiger partial charge in [0.1, 0.15) is 12.4 Å². The van der Waals surface area contributed by atoms with Crippen molar-refractivity contribution < 1.29 is 22.4 Å². The molecule has 0 N–H and O–H groups in total. The van der Waals surface area contributed by atoms with E-state index >= 15 is 0 Å². The molecule has 0 aromatic heterocycles. The topological polar surface area (TPSA) is 20.3 Å². The average Bonchev–Trinajstić information content (AvgIpc) is 2.23. The highest BCUT2D eigenvalue weighted by atomic mass is 19.4. The molecule has 1 rings (SSSR count). The van der Waals surface area contributed by atoms with Crippen LogP contribution in [-0.2, 0) is 0 Å². The first kappa shape index (κ1) is 15.5. The van der Waals surface area contributed by atoms with Gasteiger partial charge in [0.25, 0.3) is 5.91 Å². The number of rotatable bonds is 3. The van der Waals surface area contributed by atoms with E-state index in [-0.39, 0.29) is 5.56 Å². The number of halogens is 4. The molecule has 19 heavy (non-hydrogen) atoms. The Balaban J connectivity index is 3.06. The van der Waals surface area contributed by atoms with E-state index in [2.05, 4.69) is 0 Å². The molecule has 0 saturated heterocycles. The zero-order valence-corrected chi connectivity index (χ0v) is 10.9. The van der Waals surface area contributed by atoms with Crippen molar-refractivity contribution in [3.8, 4) is 0 Å². The highest BCUT2D eigenvalue weighted by Gasteiger charge is 2.34. The number of amides is 1. The number of aryl methyl sites for hydroxylation is 1. The Kier molecular flexibility index (Phi) is 4.55. The Morgan fingerprint density at radius 2 is 1.89 bits per heavy atom. The molecule has 6 heteroatoms. The third kappa shape index (κ3) is 4.22. The van der Waals surface area contributed by atoms with Gasteiger partial charge in [-0.05, 0) is 44.5 Å². The number of carbonyl (C=O) groups is 1. The average molecular weight is 277 g/mol. The largest absolute Gasteiger partial charge is 0.406 e. The van der Waals surface area contributed by atoms with Crippen molar-refractivity contribution >= 4 is 5.91 Å². The molecule has 0 aliphatic rings. The Hall–Kier alpha value is -1.59. The Labute approximate surface area is 109 Å². The van der Waals surface area contributed by atoms with Crippen molar-refractivity contribution in [3.05, 3.63) is 35.1 Å². The summed E-state index contributed by atoms with van der Waals surface area (Å²) in [5.74, 6) is -1.27. The van der Waals surface area contributed by atoms with Crippen molar-refractivity contribution in [1.82, 2.24) is 4.90 Å². The lowest BCUT2D eigenvalue weighted by Gasteiger charge is -2.28. The molecule has 0 spiro atoms. The minimum Gasteiger partial charge on any atom is -0.327 e.